The van der Waals surface area contributed by atoms with E-state index in [2.05, 4.69) is 41.5 Å². The minimum absolute atomic E-state index is 0.123. The van der Waals surface area contributed by atoms with Crippen LogP contribution in [0.4, 0.5) is 0 Å². The maximum atomic E-state index is 12.2. The molecule has 0 spiro atoms. The van der Waals surface area contributed by atoms with Crippen LogP contribution in [0.5, 0.6) is 11.5 Å². The summed E-state index contributed by atoms with van der Waals surface area (Å²) in [6.45, 7) is 2.60. The van der Waals surface area contributed by atoms with E-state index < -0.39 is 0 Å². The fraction of sp³-hybridized carbons (Fsp3) is 0.0833. The number of thioether (sulfide) groups is 1. The number of amides is 1. The molecule has 3 aromatic carbocycles. The van der Waals surface area contributed by atoms with Gasteiger partial charge in [0.15, 0.2) is 5.17 Å². The molecule has 1 aliphatic heterocycles. The van der Waals surface area contributed by atoms with Crippen molar-refractivity contribution in [3.63, 3.8) is 0 Å². The molecule has 144 valence electrons. The molecule has 1 fully saturated rings. The van der Waals surface area contributed by atoms with Crippen molar-refractivity contribution in [2.45, 2.75) is 13.5 Å². The smallest absolute Gasteiger partial charge is 0.264 e. The molecule has 1 N–H and O–H groups in total. The zero-order valence-corrected chi connectivity index (χ0v) is 16.8. The average Bonchev–Trinajstić information content (AvgIpc) is 3.09. The minimum atomic E-state index is -0.123. The number of benzene rings is 3. The van der Waals surface area contributed by atoms with Crippen molar-refractivity contribution in [2.24, 2.45) is 4.99 Å². The van der Waals surface area contributed by atoms with Crippen molar-refractivity contribution < 1.29 is 9.53 Å². The highest BCUT2D eigenvalue weighted by Gasteiger charge is 2.23. The minimum Gasteiger partial charge on any atom is -0.457 e. The summed E-state index contributed by atoms with van der Waals surface area (Å²) in [6, 6.07) is 25.5. The van der Waals surface area contributed by atoms with Gasteiger partial charge in [0.25, 0.3) is 5.91 Å². The number of aliphatic imine (C=N–C) groups is 1. The van der Waals surface area contributed by atoms with E-state index in [-0.39, 0.29) is 5.91 Å². The van der Waals surface area contributed by atoms with Gasteiger partial charge in [-0.05, 0) is 60.2 Å². The molecule has 3 aromatic rings. The van der Waals surface area contributed by atoms with Crippen LogP contribution in [0.25, 0.3) is 6.08 Å². The van der Waals surface area contributed by atoms with Crippen LogP contribution in [-0.2, 0) is 11.3 Å². The van der Waals surface area contributed by atoms with Gasteiger partial charge in [0, 0.05) is 0 Å². The molecule has 0 aliphatic carbocycles. The number of hydrogen-bond donors (Lipinski definition) is 1. The first kappa shape index (κ1) is 19.0. The number of carbonyl (C=O) groups excluding carboxylic acids is 1. The third-order valence-corrected chi connectivity index (χ3v) is 5.28. The van der Waals surface area contributed by atoms with E-state index >= 15 is 0 Å². The lowest BCUT2D eigenvalue weighted by Gasteiger charge is -2.05. The molecule has 0 atom stereocenters. The Balaban J connectivity index is 1.40. The molecule has 1 amide bonds. The molecular formula is C24H20N2O2S. The molecule has 0 unspecified atom stereocenters. The summed E-state index contributed by atoms with van der Waals surface area (Å²) in [5.41, 5.74) is 3.27. The molecule has 1 heterocycles. The Morgan fingerprint density at radius 2 is 1.62 bits per heavy atom. The Morgan fingerprint density at radius 1 is 0.931 bits per heavy atom. The lowest BCUT2D eigenvalue weighted by molar-refractivity contribution is -0.115. The molecule has 0 radical (unpaired) electrons. The lowest BCUT2D eigenvalue weighted by atomic mass is 10.1. The second-order valence-corrected chi connectivity index (χ2v) is 7.69. The van der Waals surface area contributed by atoms with Gasteiger partial charge in [-0.15, -0.1) is 0 Å². The Kier molecular flexibility index (Phi) is 5.77. The number of nitrogens with one attached hydrogen (secondary N) is 1. The Bertz CT molecular complexity index is 1060. The van der Waals surface area contributed by atoms with Gasteiger partial charge in [-0.3, -0.25) is 9.79 Å². The fourth-order valence-corrected chi connectivity index (χ4v) is 3.59. The first-order valence-electron chi connectivity index (χ1n) is 9.29. The number of amidine groups is 1. The van der Waals surface area contributed by atoms with Crippen LogP contribution in [0.15, 0.2) is 88.8 Å². The summed E-state index contributed by atoms with van der Waals surface area (Å²) in [6.07, 6.45) is 1.86. The predicted molar refractivity (Wildman–Crippen MR) is 119 cm³/mol. The number of ether oxygens (including phenoxy) is 1. The normalized spacial score (nSPS) is 16.2. The van der Waals surface area contributed by atoms with E-state index in [1.54, 1.807) is 0 Å². The number of para-hydroxylation sites is 1. The number of hydrogen-bond acceptors (Lipinski definition) is 4. The highest BCUT2D eigenvalue weighted by molar-refractivity contribution is 8.18. The molecule has 4 nitrogen and oxygen atoms in total. The van der Waals surface area contributed by atoms with Crippen LogP contribution in [0.1, 0.15) is 16.7 Å². The molecular weight excluding hydrogens is 380 g/mol. The largest absolute Gasteiger partial charge is 0.457 e. The third-order valence-electron chi connectivity index (χ3n) is 4.33. The van der Waals surface area contributed by atoms with Gasteiger partial charge in [0.1, 0.15) is 11.5 Å². The fourth-order valence-electron chi connectivity index (χ4n) is 2.77. The number of rotatable bonds is 5. The number of aryl methyl sites for hydroxylation is 1. The maximum Gasteiger partial charge on any atom is 0.264 e. The van der Waals surface area contributed by atoms with E-state index in [0.29, 0.717) is 16.6 Å². The summed E-state index contributed by atoms with van der Waals surface area (Å²) >= 11 is 1.36. The quantitative estimate of drug-likeness (QED) is 0.572. The van der Waals surface area contributed by atoms with Crippen LogP contribution in [-0.4, -0.2) is 11.1 Å². The van der Waals surface area contributed by atoms with Gasteiger partial charge in [-0.2, -0.15) is 0 Å². The Hall–Kier alpha value is -3.31. The van der Waals surface area contributed by atoms with Gasteiger partial charge in [-0.25, -0.2) is 0 Å². The summed E-state index contributed by atoms with van der Waals surface area (Å²) in [5.74, 6) is 1.42. The van der Waals surface area contributed by atoms with Gasteiger partial charge in [-0.1, -0.05) is 60.2 Å². The molecule has 1 aliphatic rings. The second-order valence-electron chi connectivity index (χ2n) is 6.66. The van der Waals surface area contributed by atoms with Crippen LogP contribution in [0.2, 0.25) is 0 Å². The summed E-state index contributed by atoms with van der Waals surface area (Å²) in [7, 11) is 0. The zero-order chi connectivity index (χ0) is 20.1. The predicted octanol–water partition coefficient (Wildman–Crippen LogP) is 5.55. The molecule has 29 heavy (non-hydrogen) atoms. The van der Waals surface area contributed by atoms with Gasteiger partial charge in [0.05, 0.1) is 11.4 Å². The van der Waals surface area contributed by atoms with Gasteiger partial charge < -0.3 is 10.1 Å². The SMILES string of the molecule is Cc1ccc(CN=C2NC(=O)C(=Cc3ccc(Oc4ccccc4)cc3)S2)cc1. The molecule has 4 rings (SSSR count). The standard InChI is InChI=1S/C24H20N2O2S/c1-17-7-9-19(10-8-17)16-25-24-26-23(27)22(29-24)15-18-11-13-21(14-12-18)28-20-5-3-2-4-6-20/h2-15H,16H2,1H3,(H,25,26,27). The summed E-state index contributed by atoms with van der Waals surface area (Å²) < 4.78 is 5.80. The molecule has 0 bridgehead atoms. The topological polar surface area (TPSA) is 50.7 Å². The van der Waals surface area contributed by atoms with Crippen LogP contribution >= 0.6 is 11.8 Å². The highest BCUT2D eigenvalue weighted by atomic mass is 32.2. The molecule has 0 saturated carbocycles. The van der Waals surface area contributed by atoms with Crippen LogP contribution < -0.4 is 10.1 Å². The summed E-state index contributed by atoms with van der Waals surface area (Å²) in [4.78, 5) is 17.4. The van der Waals surface area contributed by atoms with Crippen molar-refractivity contribution in [3.8, 4) is 11.5 Å². The molecule has 0 aromatic heterocycles. The van der Waals surface area contributed by atoms with E-state index in [0.717, 1.165) is 22.6 Å². The Labute approximate surface area is 174 Å². The van der Waals surface area contributed by atoms with E-state index in [1.165, 1.54) is 17.3 Å². The zero-order valence-electron chi connectivity index (χ0n) is 16.0. The first-order chi connectivity index (χ1) is 14.2. The van der Waals surface area contributed by atoms with Gasteiger partial charge in [0.2, 0.25) is 0 Å². The Morgan fingerprint density at radius 3 is 2.34 bits per heavy atom. The van der Waals surface area contributed by atoms with Gasteiger partial charge >= 0.3 is 0 Å². The van der Waals surface area contributed by atoms with E-state index in [4.69, 9.17) is 4.74 Å². The van der Waals surface area contributed by atoms with Crippen molar-refractivity contribution >= 4 is 28.9 Å². The van der Waals surface area contributed by atoms with Crippen molar-refractivity contribution in [3.05, 3.63) is 100 Å². The monoisotopic (exact) mass is 400 g/mol. The van der Waals surface area contributed by atoms with Crippen molar-refractivity contribution in [2.75, 3.05) is 0 Å². The highest BCUT2D eigenvalue weighted by Crippen LogP contribution is 2.27. The third kappa shape index (κ3) is 5.15. The summed E-state index contributed by atoms with van der Waals surface area (Å²) in [5, 5.41) is 3.46. The van der Waals surface area contributed by atoms with E-state index in [1.807, 2.05) is 60.7 Å². The lowest BCUT2D eigenvalue weighted by Crippen LogP contribution is -2.19. The van der Waals surface area contributed by atoms with Crippen molar-refractivity contribution in [1.82, 2.24) is 5.32 Å². The molecule has 5 heteroatoms. The second kappa shape index (κ2) is 8.80. The first-order valence-corrected chi connectivity index (χ1v) is 10.1. The number of carbonyl (C=O) groups is 1. The number of nitrogens with zero attached hydrogens (tertiary/aromatic N) is 1. The van der Waals surface area contributed by atoms with Crippen molar-refractivity contribution in [1.29, 1.82) is 0 Å². The maximum absolute atomic E-state index is 12.2. The van der Waals surface area contributed by atoms with Crippen LogP contribution in [0, 0.1) is 6.92 Å². The van der Waals surface area contributed by atoms with E-state index in [9.17, 15) is 4.79 Å². The van der Waals surface area contributed by atoms with Crippen LogP contribution in [0.3, 0.4) is 0 Å². The average molecular weight is 401 g/mol. The molecule has 1 saturated heterocycles.